The van der Waals surface area contributed by atoms with E-state index in [0.717, 1.165) is 29.0 Å². The molecule has 2 rings (SSSR count). The molecule has 1 aromatic carbocycles. The first-order valence-electron chi connectivity index (χ1n) is 7.52. The zero-order valence-electron chi connectivity index (χ0n) is 13.1. The molecule has 0 aliphatic heterocycles. The molecule has 1 aromatic heterocycles. The maximum Gasteiger partial charge on any atom is 0.223 e. The summed E-state index contributed by atoms with van der Waals surface area (Å²) in [6.07, 6.45) is 2.86. The van der Waals surface area contributed by atoms with Gasteiger partial charge in [0.05, 0.1) is 13.0 Å². The fraction of sp³-hybridized carbons (Fsp3) is 0.333. The van der Waals surface area contributed by atoms with Gasteiger partial charge in [0.25, 0.3) is 0 Å². The Labute approximate surface area is 131 Å². The molecule has 0 aliphatic carbocycles. The molecular weight excluding hydrogens is 276 g/mol. The third-order valence-electron chi connectivity index (χ3n) is 3.36. The molecule has 0 saturated heterocycles. The van der Waals surface area contributed by atoms with Gasteiger partial charge in [0.2, 0.25) is 5.91 Å². The zero-order chi connectivity index (χ0) is 15.8. The summed E-state index contributed by atoms with van der Waals surface area (Å²) in [6.45, 7) is 5.01. The van der Waals surface area contributed by atoms with Crippen molar-refractivity contribution in [3.8, 4) is 5.75 Å². The molecule has 2 aromatic rings. The number of carbonyl (C=O) groups excluding carboxylic acids is 1. The smallest absolute Gasteiger partial charge is 0.223 e. The summed E-state index contributed by atoms with van der Waals surface area (Å²) in [5.41, 5.74) is 3.22. The lowest BCUT2D eigenvalue weighted by Gasteiger charge is -2.10. The summed E-state index contributed by atoms with van der Waals surface area (Å²) < 4.78 is 5.68. The molecule has 1 heterocycles. The number of hydrogen-bond donors (Lipinski definition) is 1. The Kier molecular flexibility index (Phi) is 5.95. The highest BCUT2D eigenvalue weighted by atomic mass is 16.5. The largest absolute Gasteiger partial charge is 0.493 e. The summed E-state index contributed by atoms with van der Waals surface area (Å²) in [4.78, 5) is 16.0. The van der Waals surface area contributed by atoms with E-state index >= 15 is 0 Å². The third-order valence-corrected chi connectivity index (χ3v) is 3.36. The lowest BCUT2D eigenvalue weighted by atomic mass is 10.1. The van der Waals surface area contributed by atoms with Crippen LogP contribution in [-0.2, 0) is 11.2 Å². The molecule has 0 radical (unpaired) electrons. The van der Waals surface area contributed by atoms with E-state index in [2.05, 4.69) is 10.3 Å². The van der Waals surface area contributed by atoms with Crippen LogP contribution in [0.1, 0.15) is 23.2 Å². The monoisotopic (exact) mass is 298 g/mol. The van der Waals surface area contributed by atoms with Gasteiger partial charge in [-0.1, -0.05) is 18.2 Å². The molecule has 0 spiro atoms. The van der Waals surface area contributed by atoms with Crippen LogP contribution in [0.2, 0.25) is 0 Å². The SMILES string of the molecule is Cc1ccc(C)c(OCCC(=O)NCCc2ccccn2)c1. The number of benzene rings is 1. The number of ether oxygens (including phenoxy) is 1. The van der Waals surface area contributed by atoms with Crippen LogP contribution in [0.3, 0.4) is 0 Å². The number of rotatable bonds is 7. The van der Waals surface area contributed by atoms with E-state index < -0.39 is 0 Å². The Morgan fingerprint density at radius 3 is 2.86 bits per heavy atom. The topological polar surface area (TPSA) is 51.2 Å². The molecule has 1 amide bonds. The molecule has 0 unspecified atom stereocenters. The quantitative estimate of drug-likeness (QED) is 0.855. The van der Waals surface area contributed by atoms with Gasteiger partial charge in [-0.25, -0.2) is 0 Å². The van der Waals surface area contributed by atoms with E-state index in [1.807, 2.05) is 50.2 Å². The zero-order valence-corrected chi connectivity index (χ0v) is 13.1. The van der Waals surface area contributed by atoms with Crippen LogP contribution in [0.5, 0.6) is 5.75 Å². The minimum atomic E-state index is 0.00115. The second-order valence-electron chi connectivity index (χ2n) is 5.29. The first-order valence-corrected chi connectivity index (χ1v) is 7.52. The van der Waals surface area contributed by atoms with Crippen LogP contribution in [0.15, 0.2) is 42.6 Å². The van der Waals surface area contributed by atoms with Gasteiger partial charge in [0.15, 0.2) is 0 Å². The van der Waals surface area contributed by atoms with Crippen molar-refractivity contribution in [2.75, 3.05) is 13.2 Å². The highest BCUT2D eigenvalue weighted by Crippen LogP contribution is 2.19. The maximum atomic E-state index is 11.8. The minimum Gasteiger partial charge on any atom is -0.493 e. The maximum absolute atomic E-state index is 11.8. The van der Waals surface area contributed by atoms with Crippen molar-refractivity contribution >= 4 is 5.91 Å². The number of amides is 1. The lowest BCUT2D eigenvalue weighted by Crippen LogP contribution is -2.27. The molecule has 0 fully saturated rings. The molecule has 0 bridgehead atoms. The standard InChI is InChI=1S/C18H22N2O2/c1-14-6-7-15(2)17(13-14)22-12-9-18(21)20-11-8-16-5-3-4-10-19-16/h3-7,10,13H,8-9,11-12H2,1-2H3,(H,20,21). The average Bonchev–Trinajstić information content (AvgIpc) is 2.52. The molecule has 116 valence electrons. The number of carbonyl (C=O) groups is 1. The fourth-order valence-electron chi connectivity index (χ4n) is 2.08. The number of nitrogens with zero attached hydrogens (tertiary/aromatic N) is 1. The van der Waals surface area contributed by atoms with Gasteiger partial charge in [-0.05, 0) is 43.2 Å². The number of nitrogens with one attached hydrogen (secondary N) is 1. The van der Waals surface area contributed by atoms with Crippen molar-refractivity contribution in [3.05, 3.63) is 59.4 Å². The molecule has 0 aliphatic rings. The van der Waals surface area contributed by atoms with Crippen molar-refractivity contribution in [1.82, 2.24) is 10.3 Å². The van der Waals surface area contributed by atoms with Crippen molar-refractivity contribution in [2.24, 2.45) is 0 Å². The second kappa shape index (κ2) is 8.17. The highest BCUT2D eigenvalue weighted by molar-refractivity contribution is 5.75. The van der Waals surface area contributed by atoms with Crippen LogP contribution in [0.25, 0.3) is 0 Å². The molecular formula is C18H22N2O2. The van der Waals surface area contributed by atoms with Gasteiger partial charge >= 0.3 is 0 Å². The van der Waals surface area contributed by atoms with Crippen LogP contribution in [-0.4, -0.2) is 24.0 Å². The van der Waals surface area contributed by atoms with E-state index in [1.165, 1.54) is 0 Å². The Hall–Kier alpha value is -2.36. The number of aromatic nitrogens is 1. The van der Waals surface area contributed by atoms with E-state index in [4.69, 9.17) is 4.74 Å². The van der Waals surface area contributed by atoms with Gasteiger partial charge in [0, 0.05) is 24.9 Å². The predicted molar refractivity (Wildman–Crippen MR) is 87.0 cm³/mol. The molecule has 1 N–H and O–H groups in total. The van der Waals surface area contributed by atoms with Crippen LogP contribution in [0, 0.1) is 13.8 Å². The predicted octanol–water partition coefficient (Wildman–Crippen LogP) is 2.83. The number of pyridine rings is 1. The van der Waals surface area contributed by atoms with E-state index in [-0.39, 0.29) is 5.91 Å². The second-order valence-corrected chi connectivity index (χ2v) is 5.29. The Morgan fingerprint density at radius 1 is 1.23 bits per heavy atom. The average molecular weight is 298 g/mol. The van der Waals surface area contributed by atoms with Gasteiger partial charge in [0.1, 0.15) is 5.75 Å². The summed E-state index contributed by atoms with van der Waals surface area (Å²) in [5, 5.41) is 2.88. The Morgan fingerprint density at radius 2 is 2.09 bits per heavy atom. The van der Waals surface area contributed by atoms with Gasteiger partial charge in [-0.2, -0.15) is 0 Å². The van der Waals surface area contributed by atoms with Crippen molar-refractivity contribution in [3.63, 3.8) is 0 Å². The number of hydrogen-bond acceptors (Lipinski definition) is 3. The van der Waals surface area contributed by atoms with Crippen molar-refractivity contribution in [2.45, 2.75) is 26.7 Å². The molecule has 0 saturated carbocycles. The summed E-state index contributed by atoms with van der Waals surface area (Å²) >= 11 is 0. The third kappa shape index (κ3) is 5.20. The Bertz CT molecular complexity index is 612. The van der Waals surface area contributed by atoms with Crippen molar-refractivity contribution < 1.29 is 9.53 Å². The molecule has 4 heteroatoms. The Balaban J connectivity index is 1.66. The van der Waals surface area contributed by atoms with Crippen LogP contribution < -0.4 is 10.1 Å². The van der Waals surface area contributed by atoms with Gasteiger partial charge < -0.3 is 10.1 Å². The first kappa shape index (κ1) is 16.0. The molecule has 4 nitrogen and oxygen atoms in total. The normalized spacial score (nSPS) is 10.3. The van der Waals surface area contributed by atoms with Crippen LogP contribution in [0.4, 0.5) is 0 Å². The van der Waals surface area contributed by atoms with Gasteiger partial charge in [-0.3, -0.25) is 9.78 Å². The summed E-state index contributed by atoms with van der Waals surface area (Å²) in [5.74, 6) is 0.850. The first-order chi connectivity index (χ1) is 10.6. The lowest BCUT2D eigenvalue weighted by molar-refractivity contribution is -0.121. The van der Waals surface area contributed by atoms with Crippen molar-refractivity contribution in [1.29, 1.82) is 0 Å². The highest BCUT2D eigenvalue weighted by Gasteiger charge is 2.04. The molecule has 0 atom stereocenters. The fourth-order valence-corrected chi connectivity index (χ4v) is 2.08. The van der Waals surface area contributed by atoms with E-state index in [1.54, 1.807) is 6.20 Å². The van der Waals surface area contributed by atoms with Crippen LogP contribution >= 0.6 is 0 Å². The minimum absolute atomic E-state index is 0.00115. The van der Waals surface area contributed by atoms with E-state index in [9.17, 15) is 4.79 Å². The van der Waals surface area contributed by atoms with Gasteiger partial charge in [-0.15, -0.1) is 0 Å². The number of aryl methyl sites for hydroxylation is 2. The van der Waals surface area contributed by atoms with E-state index in [0.29, 0.717) is 19.6 Å². The summed E-state index contributed by atoms with van der Waals surface area (Å²) in [6, 6.07) is 11.9. The summed E-state index contributed by atoms with van der Waals surface area (Å²) in [7, 11) is 0. The molecule has 22 heavy (non-hydrogen) atoms.